The summed E-state index contributed by atoms with van der Waals surface area (Å²) in [4.78, 5) is 17.1. The van der Waals surface area contributed by atoms with Crippen LogP contribution in [0.3, 0.4) is 0 Å². The third-order valence-corrected chi connectivity index (χ3v) is 4.17. The lowest BCUT2D eigenvalue weighted by atomic mass is 10.2. The van der Waals surface area contributed by atoms with Gasteiger partial charge in [-0.25, -0.2) is 9.78 Å². The summed E-state index contributed by atoms with van der Waals surface area (Å²) in [7, 11) is 0. The summed E-state index contributed by atoms with van der Waals surface area (Å²) in [6, 6.07) is 17.6. The summed E-state index contributed by atoms with van der Waals surface area (Å²) < 4.78 is 8.08. The van der Waals surface area contributed by atoms with Crippen LogP contribution in [0, 0.1) is 6.92 Å². The highest BCUT2D eigenvalue weighted by molar-refractivity contribution is 9.10. The van der Waals surface area contributed by atoms with Crippen molar-refractivity contribution < 1.29 is 9.53 Å². The van der Waals surface area contributed by atoms with Crippen molar-refractivity contribution in [3.63, 3.8) is 0 Å². The van der Waals surface area contributed by atoms with Crippen LogP contribution in [0.2, 0.25) is 0 Å². The molecule has 0 saturated heterocycles. The molecule has 3 rings (SSSR count). The average Bonchev–Trinajstić information content (AvgIpc) is 2.94. The van der Waals surface area contributed by atoms with Gasteiger partial charge in [-0.3, -0.25) is 4.57 Å². The van der Waals surface area contributed by atoms with E-state index in [1.807, 2.05) is 66.1 Å². The topological polar surface area (TPSA) is 44.1 Å². The fourth-order valence-corrected chi connectivity index (χ4v) is 2.85. The quantitative estimate of drug-likeness (QED) is 0.607. The van der Waals surface area contributed by atoms with Crippen molar-refractivity contribution in [1.82, 2.24) is 9.55 Å². The first-order valence-electron chi connectivity index (χ1n) is 7.69. The van der Waals surface area contributed by atoms with Gasteiger partial charge >= 0.3 is 5.97 Å². The molecule has 0 N–H and O–H groups in total. The Bertz CT molecular complexity index is 855. The second-order valence-corrected chi connectivity index (χ2v) is 6.18. The number of aromatic nitrogens is 2. The average molecular weight is 385 g/mol. The van der Waals surface area contributed by atoms with E-state index in [-0.39, 0.29) is 5.97 Å². The maximum Gasteiger partial charge on any atom is 0.357 e. The van der Waals surface area contributed by atoms with E-state index in [1.54, 1.807) is 6.92 Å². The molecule has 0 saturated carbocycles. The molecule has 0 radical (unpaired) electrons. The molecule has 0 spiro atoms. The number of carbonyl (C=O) groups is 1. The summed E-state index contributed by atoms with van der Waals surface area (Å²) in [5, 5.41) is 0. The van der Waals surface area contributed by atoms with Crippen molar-refractivity contribution in [1.29, 1.82) is 0 Å². The maximum atomic E-state index is 12.5. The van der Waals surface area contributed by atoms with Crippen LogP contribution in [0.5, 0.6) is 0 Å². The summed E-state index contributed by atoms with van der Waals surface area (Å²) in [6.07, 6.45) is 0. The molecule has 24 heavy (non-hydrogen) atoms. The molecule has 0 bridgehead atoms. The number of rotatable bonds is 4. The van der Waals surface area contributed by atoms with Crippen molar-refractivity contribution in [3.8, 4) is 17.1 Å². The van der Waals surface area contributed by atoms with Gasteiger partial charge in [-0.1, -0.05) is 46.3 Å². The number of esters is 1. The van der Waals surface area contributed by atoms with Crippen LogP contribution in [-0.2, 0) is 4.74 Å². The minimum Gasteiger partial charge on any atom is -0.461 e. The molecule has 122 valence electrons. The van der Waals surface area contributed by atoms with E-state index in [0.717, 1.165) is 15.7 Å². The number of imidazole rings is 1. The van der Waals surface area contributed by atoms with E-state index in [4.69, 9.17) is 4.74 Å². The standard InChI is InChI=1S/C19H17BrN2O2/c1-3-24-19(23)17-13(2)21-18(14-9-11-15(20)12-10-14)22(17)16-7-5-4-6-8-16/h4-12H,3H2,1-2H3. The molecule has 3 aromatic rings. The van der Waals surface area contributed by atoms with Gasteiger partial charge in [0.05, 0.1) is 12.3 Å². The fraction of sp³-hybridized carbons (Fsp3) is 0.158. The monoisotopic (exact) mass is 384 g/mol. The molecule has 5 heteroatoms. The van der Waals surface area contributed by atoms with E-state index in [1.165, 1.54) is 0 Å². The van der Waals surface area contributed by atoms with Crippen molar-refractivity contribution in [2.75, 3.05) is 6.61 Å². The lowest BCUT2D eigenvalue weighted by molar-refractivity contribution is 0.0516. The number of hydrogen-bond acceptors (Lipinski definition) is 3. The number of ether oxygens (including phenoxy) is 1. The lowest BCUT2D eigenvalue weighted by Gasteiger charge is -2.12. The molecule has 0 unspecified atom stereocenters. The van der Waals surface area contributed by atoms with Gasteiger partial charge in [0.2, 0.25) is 0 Å². The largest absolute Gasteiger partial charge is 0.461 e. The molecule has 1 aromatic heterocycles. The molecular formula is C19H17BrN2O2. The first kappa shape index (κ1) is 16.5. The second kappa shape index (κ2) is 7.01. The van der Waals surface area contributed by atoms with Crippen molar-refractivity contribution in [2.45, 2.75) is 13.8 Å². The van der Waals surface area contributed by atoms with E-state index in [9.17, 15) is 4.79 Å². The third-order valence-electron chi connectivity index (χ3n) is 3.64. The number of carbonyl (C=O) groups excluding carboxylic acids is 1. The summed E-state index contributed by atoms with van der Waals surface area (Å²) >= 11 is 3.44. The van der Waals surface area contributed by atoms with E-state index in [2.05, 4.69) is 20.9 Å². The lowest BCUT2D eigenvalue weighted by Crippen LogP contribution is -2.13. The molecular weight excluding hydrogens is 368 g/mol. The SMILES string of the molecule is CCOC(=O)c1c(C)nc(-c2ccc(Br)cc2)n1-c1ccccc1. The Morgan fingerprint density at radius 1 is 1.12 bits per heavy atom. The Kier molecular flexibility index (Phi) is 4.81. The van der Waals surface area contributed by atoms with Gasteiger partial charge in [0.25, 0.3) is 0 Å². The summed E-state index contributed by atoms with van der Waals surface area (Å²) in [5.74, 6) is 0.351. The van der Waals surface area contributed by atoms with Gasteiger partial charge in [0.1, 0.15) is 5.82 Å². The van der Waals surface area contributed by atoms with Crippen molar-refractivity contribution in [2.24, 2.45) is 0 Å². The van der Waals surface area contributed by atoms with Crippen LogP contribution in [0.25, 0.3) is 17.1 Å². The molecule has 0 fully saturated rings. The van der Waals surface area contributed by atoms with Crippen LogP contribution < -0.4 is 0 Å². The van der Waals surface area contributed by atoms with E-state index in [0.29, 0.717) is 23.8 Å². The number of benzene rings is 2. The first-order chi connectivity index (χ1) is 11.6. The fourth-order valence-electron chi connectivity index (χ4n) is 2.59. The Morgan fingerprint density at radius 2 is 1.79 bits per heavy atom. The zero-order valence-electron chi connectivity index (χ0n) is 13.5. The van der Waals surface area contributed by atoms with Gasteiger partial charge in [0, 0.05) is 15.7 Å². The highest BCUT2D eigenvalue weighted by Crippen LogP contribution is 2.28. The zero-order chi connectivity index (χ0) is 17.1. The maximum absolute atomic E-state index is 12.5. The van der Waals surface area contributed by atoms with Crippen LogP contribution in [-0.4, -0.2) is 22.1 Å². The van der Waals surface area contributed by atoms with Gasteiger partial charge in [-0.05, 0) is 38.1 Å². The Balaban J connectivity index is 2.24. The van der Waals surface area contributed by atoms with Crippen molar-refractivity contribution >= 4 is 21.9 Å². The molecule has 0 aliphatic heterocycles. The van der Waals surface area contributed by atoms with Crippen LogP contribution in [0.4, 0.5) is 0 Å². The number of hydrogen-bond donors (Lipinski definition) is 0. The number of para-hydroxylation sites is 1. The minimum absolute atomic E-state index is 0.325. The third kappa shape index (κ3) is 3.12. The number of nitrogens with zero attached hydrogens (tertiary/aromatic N) is 2. The number of halogens is 1. The molecule has 1 heterocycles. The summed E-state index contributed by atoms with van der Waals surface area (Å²) in [6.45, 7) is 3.95. The summed E-state index contributed by atoms with van der Waals surface area (Å²) in [5.41, 5.74) is 2.91. The van der Waals surface area contributed by atoms with Gasteiger partial charge in [0.15, 0.2) is 5.69 Å². The van der Waals surface area contributed by atoms with Gasteiger partial charge in [-0.15, -0.1) is 0 Å². The van der Waals surface area contributed by atoms with E-state index >= 15 is 0 Å². The highest BCUT2D eigenvalue weighted by Gasteiger charge is 2.23. The van der Waals surface area contributed by atoms with Crippen molar-refractivity contribution in [3.05, 3.63) is 70.5 Å². The molecule has 0 atom stereocenters. The normalized spacial score (nSPS) is 10.6. The van der Waals surface area contributed by atoms with Gasteiger partial charge < -0.3 is 4.74 Å². The smallest absolute Gasteiger partial charge is 0.357 e. The van der Waals surface area contributed by atoms with Crippen LogP contribution in [0.15, 0.2) is 59.1 Å². The predicted molar refractivity (Wildman–Crippen MR) is 97.4 cm³/mol. The Labute approximate surface area is 149 Å². The Hall–Kier alpha value is -2.40. The highest BCUT2D eigenvalue weighted by atomic mass is 79.9. The van der Waals surface area contributed by atoms with Crippen LogP contribution >= 0.6 is 15.9 Å². The number of aryl methyl sites for hydroxylation is 1. The molecule has 4 nitrogen and oxygen atoms in total. The Morgan fingerprint density at radius 3 is 2.42 bits per heavy atom. The second-order valence-electron chi connectivity index (χ2n) is 5.27. The minimum atomic E-state index is -0.366. The molecule has 0 aliphatic carbocycles. The molecule has 2 aromatic carbocycles. The van der Waals surface area contributed by atoms with Crippen LogP contribution in [0.1, 0.15) is 23.1 Å². The first-order valence-corrected chi connectivity index (χ1v) is 8.49. The van der Waals surface area contributed by atoms with E-state index < -0.39 is 0 Å². The zero-order valence-corrected chi connectivity index (χ0v) is 15.1. The molecule has 0 aliphatic rings. The van der Waals surface area contributed by atoms with Gasteiger partial charge in [-0.2, -0.15) is 0 Å². The molecule has 0 amide bonds. The predicted octanol–water partition coefficient (Wildman–Crippen LogP) is 4.79.